The third kappa shape index (κ3) is 4.02. The first-order chi connectivity index (χ1) is 11.0. The van der Waals surface area contributed by atoms with E-state index in [1.807, 2.05) is 24.3 Å². The summed E-state index contributed by atoms with van der Waals surface area (Å²) in [5.41, 5.74) is 6.41. The van der Waals surface area contributed by atoms with Crippen LogP contribution in [0.4, 0.5) is 0 Å². The van der Waals surface area contributed by atoms with Crippen molar-refractivity contribution in [1.82, 2.24) is 5.43 Å². The van der Waals surface area contributed by atoms with Crippen molar-refractivity contribution in [3.63, 3.8) is 0 Å². The van der Waals surface area contributed by atoms with E-state index < -0.39 is 0 Å². The van der Waals surface area contributed by atoms with Gasteiger partial charge in [-0.25, -0.2) is 0 Å². The quantitative estimate of drug-likeness (QED) is 0.875. The molecule has 0 aromatic heterocycles. The number of hydrogen-bond donors (Lipinski definition) is 1. The number of nitrogens with zero attached hydrogens (tertiary/aromatic N) is 2. The Bertz CT molecular complexity index is 715. The van der Waals surface area contributed by atoms with Crippen LogP contribution in [0.1, 0.15) is 37.1 Å². The van der Waals surface area contributed by atoms with E-state index in [1.165, 1.54) is 5.56 Å². The Morgan fingerprint density at radius 1 is 0.957 bits per heavy atom. The number of benzene rings is 2. The normalized spacial score (nSPS) is 20.0. The molecule has 1 aliphatic heterocycles. The van der Waals surface area contributed by atoms with Crippen LogP contribution in [0.3, 0.4) is 0 Å². The minimum Gasteiger partial charge on any atom is -0.256 e. The number of amidine groups is 1. The van der Waals surface area contributed by atoms with E-state index >= 15 is 0 Å². The average molecular weight is 323 g/mol. The Kier molecular flexibility index (Phi) is 4.53. The lowest BCUT2D eigenvalue weighted by Crippen LogP contribution is -2.30. The smallest absolute Gasteiger partial charge is 0.178 e. The Balaban J connectivity index is 2.01. The second kappa shape index (κ2) is 6.59. The number of hydrogen-bond acceptors (Lipinski definition) is 3. The van der Waals surface area contributed by atoms with Crippen molar-refractivity contribution in [1.29, 1.82) is 0 Å². The van der Waals surface area contributed by atoms with Crippen LogP contribution in [0.25, 0.3) is 0 Å². The molecule has 0 bridgehead atoms. The molecule has 0 amide bonds. The second-order valence-electron chi connectivity index (χ2n) is 6.47. The lowest BCUT2D eigenvalue weighted by atomic mass is 10.0. The van der Waals surface area contributed by atoms with Crippen molar-refractivity contribution in [3.8, 4) is 0 Å². The van der Waals surface area contributed by atoms with Crippen LogP contribution in [-0.2, 0) is 0 Å². The Hall–Kier alpha value is -2.07. The highest BCUT2D eigenvalue weighted by Gasteiger charge is 2.27. The van der Waals surface area contributed by atoms with Crippen molar-refractivity contribution in [2.24, 2.45) is 10.1 Å². The van der Waals surface area contributed by atoms with Crippen LogP contribution in [0.5, 0.6) is 0 Å². The molecule has 1 aliphatic rings. The molecule has 1 atom stereocenters. The Morgan fingerprint density at radius 2 is 1.57 bits per heavy atom. The lowest BCUT2D eigenvalue weighted by molar-refractivity contribution is 0.582. The lowest BCUT2D eigenvalue weighted by Gasteiger charge is -2.26. The molecule has 1 heterocycles. The molecule has 1 N–H and O–H groups in total. The molecular weight excluding hydrogens is 302 g/mol. The van der Waals surface area contributed by atoms with Gasteiger partial charge in [-0.2, -0.15) is 5.10 Å². The summed E-state index contributed by atoms with van der Waals surface area (Å²) in [6.07, 6.45) is 0. The van der Waals surface area contributed by atoms with Crippen LogP contribution < -0.4 is 5.43 Å². The maximum atomic E-state index is 4.73. The van der Waals surface area contributed by atoms with Gasteiger partial charge < -0.3 is 0 Å². The average Bonchev–Trinajstić information content (AvgIpc) is 2.55. The molecule has 0 saturated carbocycles. The van der Waals surface area contributed by atoms with Gasteiger partial charge in [-0.1, -0.05) is 72.4 Å². The third-order valence-electron chi connectivity index (χ3n) is 3.36. The fraction of sp³-hybridized carbons (Fsp3) is 0.263. The first-order valence-corrected chi connectivity index (χ1v) is 8.61. The summed E-state index contributed by atoms with van der Waals surface area (Å²) < 4.78 is 0. The topological polar surface area (TPSA) is 36.8 Å². The minimum atomic E-state index is -0.129. The molecule has 0 fully saturated rings. The summed E-state index contributed by atoms with van der Waals surface area (Å²) in [6, 6.07) is 20.8. The first kappa shape index (κ1) is 15.8. The molecule has 0 radical (unpaired) electrons. The zero-order valence-electron chi connectivity index (χ0n) is 13.7. The fourth-order valence-electron chi connectivity index (χ4n) is 2.40. The number of aliphatic imine (C=N–C) groups is 1. The Morgan fingerprint density at radius 3 is 2.17 bits per heavy atom. The summed E-state index contributed by atoms with van der Waals surface area (Å²) >= 11 is 1.72. The number of nitrogens with one attached hydrogen (secondary N) is 1. The number of hydrazone groups is 1. The van der Waals surface area contributed by atoms with Gasteiger partial charge in [0.25, 0.3) is 0 Å². The van der Waals surface area contributed by atoms with E-state index in [0.717, 1.165) is 16.4 Å². The van der Waals surface area contributed by atoms with Crippen LogP contribution in [0, 0.1) is 0 Å². The third-order valence-corrected chi connectivity index (χ3v) is 4.50. The monoisotopic (exact) mass is 323 g/mol. The minimum absolute atomic E-state index is 0.129. The highest BCUT2D eigenvalue weighted by atomic mass is 32.2. The van der Waals surface area contributed by atoms with Gasteiger partial charge in [-0.05, 0) is 31.9 Å². The van der Waals surface area contributed by atoms with E-state index in [1.54, 1.807) is 11.8 Å². The van der Waals surface area contributed by atoms with E-state index in [-0.39, 0.29) is 10.8 Å². The largest absolute Gasteiger partial charge is 0.256 e. The molecule has 2 aromatic rings. The van der Waals surface area contributed by atoms with Crippen LogP contribution in [0.15, 0.2) is 70.8 Å². The summed E-state index contributed by atoms with van der Waals surface area (Å²) in [5, 5.41) is 5.64. The predicted molar refractivity (Wildman–Crippen MR) is 100 cm³/mol. The van der Waals surface area contributed by atoms with Gasteiger partial charge in [-0.15, -0.1) is 0 Å². The fourth-order valence-corrected chi connectivity index (χ4v) is 3.64. The van der Waals surface area contributed by atoms with Crippen LogP contribution in [0.2, 0.25) is 0 Å². The van der Waals surface area contributed by atoms with Crippen LogP contribution >= 0.6 is 11.8 Å². The number of rotatable bonds is 2. The molecule has 1 unspecified atom stereocenters. The van der Waals surface area contributed by atoms with Crippen molar-refractivity contribution < 1.29 is 0 Å². The van der Waals surface area contributed by atoms with Gasteiger partial charge in [0, 0.05) is 0 Å². The molecule has 0 aliphatic carbocycles. The van der Waals surface area contributed by atoms with Gasteiger partial charge in [0.2, 0.25) is 0 Å². The van der Waals surface area contributed by atoms with E-state index in [9.17, 15) is 0 Å². The first-order valence-electron chi connectivity index (χ1n) is 7.73. The SMILES string of the molecule is CC(C)(C)N=C1NN=C(c2ccccc2)C(c2ccccc2)S1. The van der Waals surface area contributed by atoms with Crippen molar-refractivity contribution >= 4 is 22.6 Å². The second-order valence-corrected chi connectivity index (χ2v) is 7.57. The van der Waals surface area contributed by atoms with E-state index in [2.05, 4.69) is 67.7 Å². The molecule has 23 heavy (non-hydrogen) atoms. The van der Waals surface area contributed by atoms with Crippen molar-refractivity contribution in [2.75, 3.05) is 0 Å². The molecule has 118 valence electrons. The highest BCUT2D eigenvalue weighted by molar-refractivity contribution is 8.14. The van der Waals surface area contributed by atoms with Crippen molar-refractivity contribution in [2.45, 2.75) is 31.6 Å². The maximum Gasteiger partial charge on any atom is 0.178 e. The van der Waals surface area contributed by atoms with E-state index in [0.29, 0.717) is 0 Å². The summed E-state index contributed by atoms with van der Waals surface area (Å²) in [4.78, 5) is 4.73. The molecular formula is C19H21N3S. The van der Waals surface area contributed by atoms with Crippen LogP contribution in [-0.4, -0.2) is 16.4 Å². The summed E-state index contributed by atoms with van der Waals surface area (Å²) in [6.45, 7) is 6.28. The van der Waals surface area contributed by atoms with Gasteiger partial charge in [0.05, 0.1) is 16.5 Å². The van der Waals surface area contributed by atoms with Gasteiger partial charge in [0.15, 0.2) is 5.17 Å². The molecule has 2 aromatic carbocycles. The molecule has 3 rings (SSSR count). The summed E-state index contributed by atoms with van der Waals surface area (Å²) in [7, 11) is 0. The molecule has 3 nitrogen and oxygen atoms in total. The molecule has 0 saturated heterocycles. The summed E-state index contributed by atoms with van der Waals surface area (Å²) in [5.74, 6) is 0. The van der Waals surface area contributed by atoms with Gasteiger partial charge in [0.1, 0.15) is 0 Å². The maximum absolute atomic E-state index is 4.73. The predicted octanol–water partition coefficient (Wildman–Crippen LogP) is 4.62. The van der Waals surface area contributed by atoms with Gasteiger partial charge in [-0.3, -0.25) is 10.4 Å². The number of thioether (sulfide) groups is 1. The molecule has 4 heteroatoms. The highest BCUT2D eigenvalue weighted by Crippen LogP contribution is 2.36. The van der Waals surface area contributed by atoms with E-state index in [4.69, 9.17) is 4.99 Å². The Labute approximate surface area is 141 Å². The zero-order chi connectivity index (χ0) is 16.3. The molecule has 0 spiro atoms. The van der Waals surface area contributed by atoms with Crippen molar-refractivity contribution in [3.05, 3.63) is 71.8 Å². The van der Waals surface area contributed by atoms with Gasteiger partial charge >= 0.3 is 0 Å². The standard InChI is InChI=1S/C19H21N3S/c1-19(2,3)20-18-22-21-16(14-10-6-4-7-11-14)17(23-18)15-12-8-5-9-13-15/h4-13,17H,1-3H3,(H,20,22). The zero-order valence-corrected chi connectivity index (χ0v) is 14.5.